The van der Waals surface area contributed by atoms with E-state index in [0.29, 0.717) is 23.7 Å². The van der Waals surface area contributed by atoms with Crippen LogP contribution in [0.1, 0.15) is 43.6 Å². The molecule has 0 aliphatic heterocycles. The molecule has 0 unspecified atom stereocenters. The molecule has 0 aliphatic rings. The Morgan fingerprint density at radius 2 is 1.59 bits per heavy atom. The van der Waals surface area contributed by atoms with Gasteiger partial charge in [0.2, 0.25) is 0 Å². The Morgan fingerprint density at radius 3 is 2.24 bits per heavy atom. The molecular weight excluding hydrogens is 368 g/mol. The Bertz CT molecular complexity index is 860. The second kappa shape index (κ2) is 9.87. The van der Waals surface area contributed by atoms with Gasteiger partial charge in [-0.25, -0.2) is 0 Å². The van der Waals surface area contributed by atoms with Gasteiger partial charge >= 0.3 is 5.97 Å². The fourth-order valence-electron chi connectivity index (χ4n) is 2.65. The highest BCUT2D eigenvalue weighted by Crippen LogP contribution is 2.24. The van der Waals surface area contributed by atoms with E-state index < -0.39 is 23.9 Å². The minimum absolute atomic E-state index is 0.267. The highest BCUT2D eigenvalue weighted by Gasteiger charge is 2.31. The minimum Gasteiger partial charge on any atom is -0.455 e. The zero-order valence-electron chi connectivity index (χ0n) is 17.3. The van der Waals surface area contributed by atoms with Gasteiger partial charge in [0.15, 0.2) is 6.61 Å². The molecule has 2 aromatic rings. The first-order chi connectivity index (χ1) is 13.7. The maximum atomic E-state index is 12.5. The van der Waals surface area contributed by atoms with Crippen LogP contribution >= 0.6 is 0 Å². The number of hydrogen-bond acceptors (Lipinski definition) is 4. The van der Waals surface area contributed by atoms with Gasteiger partial charge in [-0.2, -0.15) is 0 Å². The first-order valence-corrected chi connectivity index (χ1v) is 9.61. The molecular formula is C23H28N2O4. The van der Waals surface area contributed by atoms with E-state index in [1.165, 1.54) is 0 Å². The number of esters is 1. The highest BCUT2D eigenvalue weighted by molar-refractivity contribution is 6.04. The fourth-order valence-corrected chi connectivity index (χ4v) is 2.65. The van der Waals surface area contributed by atoms with E-state index in [-0.39, 0.29) is 5.91 Å². The lowest BCUT2D eigenvalue weighted by Gasteiger charge is -2.23. The third kappa shape index (κ3) is 6.17. The molecule has 2 aromatic carbocycles. The second-order valence-corrected chi connectivity index (χ2v) is 7.76. The van der Waals surface area contributed by atoms with Crippen LogP contribution in [-0.2, 0) is 19.7 Å². The van der Waals surface area contributed by atoms with Crippen molar-refractivity contribution in [2.75, 3.05) is 18.5 Å². The maximum Gasteiger partial charge on any atom is 0.316 e. The number of ether oxygens (including phenoxy) is 1. The number of nitrogens with one attached hydrogen (secondary N) is 2. The van der Waals surface area contributed by atoms with Gasteiger partial charge in [-0.3, -0.25) is 14.4 Å². The summed E-state index contributed by atoms with van der Waals surface area (Å²) in [6.07, 6.45) is 0. The van der Waals surface area contributed by atoms with Crippen molar-refractivity contribution >= 4 is 23.5 Å². The number of carbonyl (C=O) groups is 3. The van der Waals surface area contributed by atoms with Crippen LogP contribution in [0, 0.1) is 5.92 Å². The van der Waals surface area contributed by atoms with Crippen molar-refractivity contribution in [3.05, 3.63) is 65.7 Å². The lowest BCUT2D eigenvalue weighted by molar-refractivity contribution is -0.152. The number of amides is 2. The summed E-state index contributed by atoms with van der Waals surface area (Å²) in [7, 11) is 0. The predicted octanol–water partition coefficient (Wildman–Crippen LogP) is 3.53. The molecule has 154 valence electrons. The molecule has 2 amide bonds. The van der Waals surface area contributed by atoms with Crippen molar-refractivity contribution in [2.24, 2.45) is 5.92 Å². The fraction of sp³-hybridized carbons (Fsp3) is 0.348. The van der Waals surface area contributed by atoms with Crippen molar-refractivity contribution in [1.29, 1.82) is 0 Å². The Hall–Kier alpha value is -3.15. The second-order valence-electron chi connectivity index (χ2n) is 7.76. The van der Waals surface area contributed by atoms with Crippen molar-refractivity contribution < 1.29 is 19.1 Å². The molecule has 6 heteroatoms. The molecule has 29 heavy (non-hydrogen) atoms. The summed E-state index contributed by atoms with van der Waals surface area (Å²) >= 11 is 0. The first-order valence-electron chi connectivity index (χ1n) is 9.61. The van der Waals surface area contributed by atoms with E-state index in [9.17, 15) is 14.4 Å². The van der Waals surface area contributed by atoms with Crippen molar-refractivity contribution in [2.45, 2.75) is 33.1 Å². The molecule has 0 saturated heterocycles. The zero-order valence-corrected chi connectivity index (χ0v) is 17.3. The lowest BCUT2D eigenvalue weighted by atomic mass is 9.85. The van der Waals surface area contributed by atoms with Crippen LogP contribution in [0.15, 0.2) is 54.6 Å². The van der Waals surface area contributed by atoms with E-state index in [4.69, 9.17) is 4.74 Å². The van der Waals surface area contributed by atoms with Crippen LogP contribution in [0.4, 0.5) is 5.69 Å². The van der Waals surface area contributed by atoms with Crippen molar-refractivity contribution in [1.82, 2.24) is 5.32 Å². The van der Waals surface area contributed by atoms with Crippen LogP contribution < -0.4 is 10.6 Å². The van der Waals surface area contributed by atoms with Gasteiger partial charge in [0, 0.05) is 6.54 Å². The smallest absolute Gasteiger partial charge is 0.316 e. The number of hydrogen-bond donors (Lipinski definition) is 2. The minimum atomic E-state index is -0.879. The van der Waals surface area contributed by atoms with E-state index in [2.05, 4.69) is 10.6 Å². The molecule has 2 N–H and O–H groups in total. The van der Waals surface area contributed by atoms with Crippen molar-refractivity contribution in [3.63, 3.8) is 0 Å². The summed E-state index contributed by atoms with van der Waals surface area (Å²) < 4.78 is 5.22. The number of anilines is 1. The monoisotopic (exact) mass is 396 g/mol. The van der Waals surface area contributed by atoms with Crippen LogP contribution in [-0.4, -0.2) is 30.9 Å². The largest absolute Gasteiger partial charge is 0.455 e. The van der Waals surface area contributed by atoms with E-state index in [0.717, 1.165) is 5.56 Å². The summed E-state index contributed by atoms with van der Waals surface area (Å²) in [5.74, 6) is -0.960. The highest BCUT2D eigenvalue weighted by atomic mass is 16.5. The number of para-hydroxylation sites is 1. The molecule has 0 spiro atoms. The normalized spacial score (nSPS) is 11.1. The molecule has 0 heterocycles. The summed E-state index contributed by atoms with van der Waals surface area (Å²) in [5.41, 5.74) is 0.656. The maximum absolute atomic E-state index is 12.5. The molecule has 0 fully saturated rings. The van der Waals surface area contributed by atoms with Crippen LogP contribution in [0.3, 0.4) is 0 Å². The Labute approximate surface area is 171 Å². The average molecular weight is 396 g/mol. The molecule has 6 nitrogen and oxygen atoms in total. The summed E-state index contributed by atoms with van der Waals surface area (Å²) in [5, 5.41) is 5.47. The molecule has 0 radical (unpaired) electrons. The van der Waals surface area contributed by atoms with Crippen LogP contribution in [0.2, 0.25) is 0 Å². The third-order valence-corrected chi connectivity index (χ3v) is 4.46. The molecule has 0 atom stereocenters. The number of benzene rings is 2. The van der Waals surface area contributed by atoms with Gasteiger partial charge in [-0.05, 0) is 37.5 Å². The molecule has 0 aromatic heterocycles. The summed E-state index contributed by atoms with van der Waals surface area (Å²) in [6, 6.07) is 16.0. The Morgan fingerprint density at radius 1 is 0.966 bits per heavy atom. The first kappa shape index (κ1) is 22.1. The third-order valence-electron chi connectivity index (χ3n) is 4.46. The van der Waals surface area contributed by atoms with Crippen LogP contribution in [0.25, 0.3) is 0 Å². The summed E-state index contributed by atoms with van der Waals surface area (Å²) in [4.78, 5) is 37.1. The molecule has 2 rings (SSSR count). The Kier molecular flexibility index (Phi) is 7.53. The number of rotatable bonds is 8. The van der Waals surface area contributed by atoms with Crippen molar-refractivity contribution in [3.8, 4) is 0 Å². The molecule has 0 bridgehead atoms. The molecule has 0 aliphatic carbocycles. The van der Waals surface area contributed by atoms with E-state index in [1.54, 1.807) is 38.1 Å². The van der Waals surface area contributed by atoms with Gasteiger partial charge in [-0.1, -0.05) is 56.3 Å². The van der Waals surface area contributed by atoms with Crippen LogP contribution in [0.5, 0.6) is 0 Å². The van der Waals surface area contributed by atoms with Gasteiger partial charge in [-0.15, -0.1) is 0 Å². The SMILES string of the molecule is CC(C)CNC(=O)c1ccccc1NC(=O)COC(=O)C(C)(C)c1ccccc1. The average Bonchev–Trinajstić information content (AvgIpc) is 2.71. The van der Waals surface area contributed by atoms with Gasteiger partial charge < -0.3 is 15.4 Å². The van der Waals surface area contributed by atoms with Gasteiger partial charge in [0.1, 0.15) is 0 Å². The zero-order chi connectivity index (χ0) is 21.4. The lowest BCUT2D eigenvalue weighted by Crippen LogP contribution is -2.34. The predicted molar refractivity (Wildman–Crippen MR) is 113 cm³/mol. The summed E-state index contributed by atoms with van der Waals surface area (Å²) in [6.45, 7) is 7.59. The quantitative estimate of drug-likeness (QED) is 0.669. The van der Waals surface area contributed by atoms with E-state index in [1.807, 2.05) is 44.2 Å². The molecule has 0 saturated carbocycles. The van der Waals surface area contributed by atoms with Gasteiger partial charge in [0.25, 0.3) is 11.8 Å². The number of carbonyl (C=O) groups excluding carboxylic acids is 3. The van der Waals surface area contributed by atoms with Gasteiger partial charge in [0.05, 0.1) is 16.7 Å². The topological polar surface area (TPSA) is 84.5 Å². The standard InChI is InChI=1S/C23H28N2O4/c1-16(2)14-24-21(27)18-12-8-9-13-19(18)25-20(26)15-29-22(28)23(3,4)17-10-6-5-7-11-17/h5-13,16H,14-15H2,1-4H3,(H,24,27)(H,25,26). The Balaban J connectivity index is 1.98. The van der Waals surface area contributed by atoms with E-state index >= 15 is 0 Å².